The van der Waals surface area contributed by atoms with Crippen molar-refractivity contribution in [2.75, 3.05) is 7.11 Å². The lowest BCUT2D eigenvalue weighted by atomic mass is 9.95. The van der Waals surface area contributed by atoms with E-state index in [1.165, 1.54) is 0 Å². The van der Waals surface area contributed by atoms with Crippen LogP contribution in [0.4, 0.5) is 43.9 Å². The summed E-state index contributed by atoms with van der Waals surface area (Å²) < 4.78 is 132. The van der Waals surface area contributed by atoms with Crippen LogP contribution in [0.15, 0.2) is 18.2 Å². The fraction of sp³-hybridized carbons (Fsp3) is 0.417. The average Bonchev–Trinajstić information content (AvgIpc) is 2.45. The fourth-order valence-corrected chi connectivity index (χ4v) is 1.50. The quantitative estimate of drug-likeness (QED) is 0.563. The van der Waals surface area contributed by atoms with Gasteiger partial charge in [-0.2, -0.15) is 39.5 Å². The normalized spacial score (nSPS) is 13.8. The number of ketones is 1. The van der Waals surface area contributed by atoms with Gasteiger partial charge in [0.05, 0.1) is 7.11 Å². The predicted molar refractivity (Wildman–Crippen MR) is 58.2 cm³/mol. The van der Waals surface area contributed by atoms with Gasteiger partial charge in [0.25, 0.3) is 0 Å². The molecule has 0 unspecified atom stereocenters. The maximum absolute atomic E-state index is 13.4. The largest absolute Gasteiger partial charge is 0.494 e. The molecule has 0 amide bonds. The number of methoxy groups -OCH3 is 1. The SMILES string of the molecule is COc1cc(C(=O)C(F)(F)C(F)(F)C(F)(F)C(F)(F)F)ccc1F. The zero-order valence-electron chi connectivity index (χ0n) is 11.3. The summed E-state index contributed by atoms with van der Waals surface area (Å²) in [5, 5.41) is 0. The van der Waals surface area contributed by atoms with E-state index in [9.17, 15) is 48.7 Å². The zero-order valence-corrected chi connectivity index (χ0v) is 11.3. The minimum Gasteiger partial charge on any atom is -0.494 e. The summed E-state index contributed by atoms with van der Waals surface area (Å²) in [6.45, 7) is 0. The van der Waals surface area contributed by atoms with Gasteiger partial charge in [-0.1, -0.05) is 0 Å². The first-order chi connectivity index (χ1) is 10.6. The molecule has 1 aromatic rings. The predicted octanol–water partition coefficient (Wildman–Crippen LogP) is 4.49. The molecule has 12 heteroatoms. The summed E-state index contributed by atoms with van der Waals surface area (Å²) in [5.41, 5.74) is -1.45. The molecule has 0 spiro atoms. The number of carbonyl (C=O) groups is 1. The first-order valence-electron chi connectivity index (χ1n) is 5.69. The van der Waals surface area contributed by atoms with Crippen LogP contribution in [0.1, 0.15) is 10.4 Å². The van der Waals surface area contributed by atoms with Crippen molar-refractivity contribution in [3.05, 3.63) is 29.6 Å². The van der Waals surface area contributed by atoms with Gasteiger partial charge in [0, 0.05) is 5.56 Å². The number of ether oxygens (including phenoxy) is 1. The number of rotatable bonds is 5. The van der Waals surface area contributed by atoms with E-state index in [4.69, 9.17) is 0 Å². The number of hydrogen-bond acceptors (Lipinski definition) is 2. The van der Waals surface area contributed by atoms with Crippen LogP contribution in [-0.2, 0) is 0 Å². The summed E-state index contributed by atoms with van der Waals surface area (Å²) in [6.07, 6.45) is -7.04. The first-order valence-corrected chi connectivity index (χ1v) is 5.69. The van der Waals surface area contributed by atoms with Crippen LogP contribution >= 0.6 is 0 Å². The smallest absolute Gasteiger partial charge is 0.460 e. The van der Waals surface area contributed by atoms with Crippen LogP contribution in [0.3, 0.4) is 0 Å². The van der Waals surface area contributed by atoms with Gasteiger partial charge in [-0.05, 0) is 18.2 Å². The molecular formula is C12H6F10O2. The second-order valence-corrected chi connectivity index (χ2v) is 4.40. The third-order valence-corrected chi connectivity index (χ3v) is 2.84. The molecular weight excluding hydrogens is 366 g/mol. The topological polar surface area (TPSA) is 26.3 Å². The Morgan fingerprint density at radius 1 is 0.917 bits per heavy atom. The van der Waals surface area contributed by atoms with Crippen molar-refractivity contribution in [2.24, 2.45) is 0 Å². The Morgan fingerprint density at radius 3 is 1.83 bits per heavy atom. The summed E-state index contributed by atoms with van der Waals surface area (Å²) in [6, 6.07) is 0.672. The van der Waals surface area contributed by atoms with Gasteiger partial charge < -0.3 is 4.74 Å². The average molecular weight is 372 g/mol. The molecule has 0 atom stereocenters. The number of alkyl halides is 9. The minimum atomic E-state index is -7.19. The molecule has 0 aliphatic heterocycles. The van der Waals surface area contributed by atoms with Crippen molar-refractivity contribution in [2.45, 2.75) is 23.9 Å². The van der Waals surface area contributed by atoms with E-state index in [1.54, 1.807) is 0 Å². The van der Waals surface area contributed by atoms with E-state index >= 15 is 0 Å². The zero-order chi connectivity index (χ0) is 19.1. The van der Waals surface area contributed by atoms with E-state index in [0.717, 1.165) is 7.11 Å². The van der Waals surface area contributed by atoms with E-state index in [0.29, 0.717) is 6.07 Å². The van der Waals surface area contributed by atoms with E-state index in [2.05, 4.69) is 4.74 Å². The van der Waals surface area contributed by atoms with Crippen molar-refractivity contribution in [1.29, 1.82) is 0 Å². The molecule has 0 saturated carbocycles. The van der Waals surface area contributed by atoms with E-state index in [-0.39, 0.29) is 12.1 Å². The highest BCUT2D eigenvalue weighted by molar-refractivity contribution is 6.02. The molecule has 0 bridgehead atoms. The molecule has 0 radical (unpaired) electrons. The van der Waals surface area contributed by atoms with E-state index < -0.39 is 46.9 Å². The monoisotopic (exact) mass is 372 g/mol. The Morgan fingerprint density at radius 2 is 1.42 bits per heavy atom. The summed E-state index contributed by atoms with van der Waals surface area (Å²) in [4.78, 5) is 11.4. The molecule has 1 aromatic carbocycles. The number of hydrogen-bond donors (Lipinski definition) is 0. The number of halogens is 10. The van der Waals surface area contributed by atoms with Crippen LogP contribution in [0.5, 0.6) is 5.75 Å². The van der Waals surface area contributed by atoms with Crippen molar-refractivity contribution >= 4 is 5.78 Å². The van der Waals surface area contributed by atoms with Crippen LogP contribution in [0.25, 0.3) is 0 Å². The van der Waals surface area contributed by atoms with Gasteiger partial charge in [-0.3, -0.25) is 4.79 Å². The fourth-order valence-electron chi connectivity index (χ4n) is 1.50. The number of carbonyl (C=O) groups excluding carboxylic acids is 1. The van der Waals surface area contributed by atoms with Gasteiger partial charge in [0.15, 0.2) is 11.6 Å². The molecule has 0 saturated heterocycles. The molecule has 0 N–H and O–H groups in total. The molecule has 0 aliphatic rings. The lowest BCUT2D eigenvalue weighted by Gasteiger charge is -2.32. The Balaban J connectivity index is 3.40. The Hall–Kier alpha value is -2.01. The lowest BCUT2D eigenvalue weighted by molar-refractivity contribution is -0.386. The van der Waals surface area contributed by atoms with Gasteiger partial charge in [-0.15, -0.1) is 0 Å². The van der Waals surface area contributed by atoms with Crippen molar-refractivity contribution < 1.29 is 53.4 Å². The summed E-state index contributed by atoms with van der Waals surface area (Å²) in [5.74, 6) is -25.9. The minimum absolute atomic E-state index is 0.160. The summed E-state index contributed by atoms with van der Waals surface area (Å²) in [7, 11) is 0.803. The van der Waals surface area contributed by atoms with Gasteiger partial charge in [-0.25, -0.2) is 4.39 Å². The molecule has 24 heavy (non-hydrogen) atoms. The molecule has 0 heterocycles. The van der Waals surface area contributed by atoms with Crippen LogP contribution < -0.4 is 4.74 Å². The molecule has 1 rings (SSSR count). The van der Waals surface area contributed by atoms with E-state index in [1.807, 2.05) is 0 Å². The highest BCUT2D eigenvalue weighted by atomic mass is 19.4. The van der Waals surface area contributed by atoms with Crippen molar-refractivity contribution in [3.63, 3.8) is 0 Å². The molecule has 0 aliphatic carbocycles. The van der Waals surface area contributed by atoms with Crippen LogP contribution in [0, 0.1) is 5.82 Å². The molecule has 2 nitrogen and oxygen atoms in total. The van der Waals surface area contributed by atoms with Gasteiger partial charge in [0.2, 0.25) is 5.78 Å². The number of benzene rings is 1. The highest BCUT2D eigenvalue weighted by Crippen LogP contribution is 2.53. The lowest BCUT2D eigenvalue weighted by Crippen LogP contribution is -2.63. The third-order valence-electron chi connectivity index (χ3n) is 2.84. The molecule has 0 aromatic heterocycles. The second-order valence-electron chi connectivity index (χ2n) is 4.40. The maximum Gasteiger partial charge on any atom is 0.460 e. The van der Waals surface area contributed by atoms with Crippen LogP contribution in [0.2, 0.25) is 0 Å². The maximum atomic E-state index is 13.4. The van der Waals surface area contributed by atoms with Gasteiger partial charge in [0.1, 0.15) is 0 Å². The van der Waals surface area contributed by atoms with Crippen LogP contribution in [-0.4, -0.2) is 36.8 Å². The molecule has 136 valence electrons. The third kappa shape index (κ3) is 2.88. The second kappa shape index (κ2) is 5.81. The van der Waals surface area contributed by atoms with Crippen molar-refractivity contribution in [1.82, 2.24) is 0 Å². The highest BCUT2D eigenvalue weighted by Gasteiger charge is 2.83. The Kier molecular flexibility index (Phi) is 4.85. The summed E-state index contributed by atoms with van der Waals surface area (Å²) >= 11 is 0. The first kappa shape index (κ1) is 20.0. The van der Waals surface area contributed by atoms with Crippen molar-refractivity contribution in [3.8, 4) is 5.75 Å². The standard InChI is InChI=1S/C12H6F10O2/c1-24-7-4-5(2-3-6(7)13)8(23)9(14,15)10(16,17)11(18,19)12(20,21)22/h2-4H,1H3. The number of Topliss-reactive ketones (excluding diaryl/α,β-unsaturated/α-hetero) is 1. The Bertz CT molecular complexity index is 635. The van der Waals surface area contributed by atoms with Gasteiger partial charge >= 0.3 is 23.9 Å². The Labute approximate surface area is 127 Å². The molecule has 0 fully saturated rings.